The zero-order valence-electron chi connectivity index (χ0n) is 21.7. The molecule has 36 heavy (non-hydrogen) atoms. The van der Waals surface area contributed by atoms with Gasteiger partial charge in [-0.15, -0.1) is 0 Å². The molecule has 0 aromatic heterocycles. The van der Waals surface area contributed by atoms with Gasteiger partial charge < -0.3 is 29.9 Å². The predicted octanol–water partition coefficient (Wildman–Crippen LogP) is 1.79. The first-order chi connectivity index (χ1) is 16.7. The number of aliphatic hydroxyl groups excluding tert-OH is 1. The molecule has 0 unspecified atom stereocenters. The van der Waals surface area contributed by atoms with Crippen LogP contribution in [0.15, 0.2) is 23.3 Å². The van der Waals surface area contributed by atoms with E-state index in [4.69, 9.17) is 9.47 Å². The highest BCUT2D eigenvalue weighted by atomic mass is 16.7. The van der Waals surface area contributed by atoms with Gasteiger partial charge in [0.15, 0.2) is 17.7 Å². The number of aliphatic hydroxyl groups is 4. The third-order valence-corrected chi connectivity index (χ3v) is 12.2. The van der Waals surface area contributed by atoms with Gasteiger partial charge in [-0.2, -0.15) is 0 Å². The summed E-state index contributed by atoms with van der Waals surface area (Å²) < 4.78 is 12.2. The van der Waals surface area contributed by atoms with Crippen molar-refractivity contribution in [1.29, 1.82) is 0 Å². The van der Waals surface area contributed by atoms with Gasteiger partial charge in [0.2, 0.25) is 0 Å². The Labute approximate surface area is 211 Å². The normalized spacial score (nSPS) is 57.9. The van der Waals surface area contributed by atoms with E-state index < -0.39 is 63.9 Å². The van der Waals surface area contributed by atoms with E-state index in [-0.39, 0.29) is 30.5 Å². The van der Waals surface area contributed by atoms with E-state index in [0.717, 1.165) is 5.57 Å². The van der Waals surface area contributed by atoms with Crippen LogP contribution < -0.4 is 0 Å². The number of ketones is 1. The fourth-order valence-corrected chi connectivity index (χ4v) is 9.57. The SMILES string of the molecule is CC1=C(C)[C@H]([C@H]2O[C@@]3(O)C[C@H]4[C@@H](C[C@@H](O)[C@@]5(O)CC=CC(=O)[C@]45C)[C@@H]4CC[C@@](O)([C@@H]2C)[C@]43C)OC1=O. The van der Waals surface area contributed by atoms with E-state index in [1.165, 1.54) is 6.08 Å². The number of esters is 1. The van der Waals surface area contributed by atoms with Crippen molar-refractivity contribution >= 4 is 11.8 Å². The van der Waals surface area contributed by atoms with Gasteiger partial charge in [0.05, 0.1) is 22.5 Å². The van der Waals surface area contributed by atoms with Crippen molar-refractivity contribution in [2.45, 2.75) is 102 Å². The number of hydrogen-bond donors (Lipinski definition) is 4. The van der Waals surface area contributed by atoms with Crippen molar-refractivity contribution in [2.24, 2.45) is 34.5 Å². The Morgan fingerprint density at radius 3 is 2.39 bits per heavy atom. The van der Waals surface area contributed by atoms with Gasteiger partial charge in [0, 0.05) is 17.9 Å². The first kappa shape index (κ1) is 24.7. The van der Waals surface area contributed by atoms with Crippen molar-refractivity contribution in [1.82, 2.24) is 0 Å². The summed E-state index contributed by atoms with van der Waals surface area (Å²) in [5.74, 6) is -3.82. The molecule has 0 spiro atoms. The van der Waals surface area contributed by atoms with Crippen molar-refractivity contribution in [2.75, 3.05) is 0 Å². The maximum Gasteiger partial charge on any atom is 0.334 e. The molecule has 0 bridgehead atoms. The summed E-state index contributed by atoms with van der Waals surface area (Å²) in [6, 6.07) is 0. The molecule has 0 radical (unpaired) electrons. The largest absolute Gasteiger partial charge is 0.452 e. The molecule has 3 saturated carbocycles. The summed E-state index contributed by atoms with van der Waals surface area (Å²) in [6.07, 6.45) is 2.02. The number of fused-ring (bicyclic) bond motifs is 4. The fourth-order valence-electron chi connectivity index (χ4n) is 9.57. The summed E-state index contributed by atoms with van der Waals surface area (Å²) in [7, 11) is 0. The topological polar surface area (TPSA) is 134 Å². The summed E-state index contributed by atoms with van der Waals surface area (Å²) in [4.78, 5) is 25.8. The van der Waals surface area contributed by atoms with E-state index in [1.807, 2.05) is 20.8 Å². The molecule has 0 aromatic carbocycles. The number of cyclic esters (lactones) is 1. The number of hydrogen-bond acceptors (Lipinski definition) is 8. The lowest BCUT2D eigenvalue weighted by atomic mass is 9.40. The Morgan fingerprint density at radius 1 is 1.06 bits per heavy atom. The lowest BCUT2D eigenvalue weighted by Gasteiger charge is -2.69. The second-order valence-corrected chi connectivity index (χ2v) is 12.9. The van der Waals surface area contributed by atoms with E-state index in [0.29, 0.717) is 24.8 Å². The highest BCUT2D eigenvalue weighted by molar-refractivity contribution is 5.97. The van der Waals surface area contributed by atoms with E-state index >= 15 is 0 Å². The van der Waals surface area contributed by atoms with Crippen LogP contribution in [0.25, 0.3) is 0 Å². The number of carbonyl (C=O) groups is 2. The molecule has 12 atom stereocenters. The smallest absolute Gasteiger partial charge is 0.334 e. The third-order valence-electron chi connectivity index (χ3n) is 12.2. The Hall–Kier alpha value is -1.58. The Morgan fingerprint density at radius 2 is 1.75 bits per heavy atom. The van der Waals surface area contributed by atoms with Crippen LogP contribution in [0.2, 0.25) is 0 Å². The Balaban J connectivity index is 1.48. The van der Waals surface area contributed by atoms with Crippen LogP contribution in [0.4, 0.5) is 0 Å². The molecular formula is C28H38O8. The molecular weight excluding hydrogens is 464 g/mol. The molecule has 4 N–H and O–H groups in total. The van der Waals surface area contributed by atoms with E-state index in [1.54, 1.807) is 19.9 Å². The van der Waals surface area contributed by atoms with Crippen molar-refractivity contribution < 1.29 is 39.5 Å². The van der Waals surface area contributed by atoms with Crippen LogP contribution in [0.5, 0.6) is 0 Å². The fraction of sp³-hybridized carbons (Fsp3) is 0.786. The molecule has 1 saturated heterocycles. The van der Waals surface area contributed by atoms with Crippen LogP contribution in [0.3, 0.4) is 0 Å². The van der Waals surface area contributed by atoms with Crippen LogP contribution in [0.1, 0.15) is 66.7 Å². The summed E-state index contributed by atoms with van der Waals surface area (Å²) in [6.45, 7) is 8.99. The molecule has 2 aliphatic heterocycles. The molecule has 4 aliphatic carbocycles. The second kappa shape index (κ2) is 7.08. The van der Waals surface area contributed by atoms with Gasteiger partial charge in [-0.3, -0.25) is 4.79 Å². The monoisotopic (exact) mass is 502 g/mol. The minimum absolute atomic E-state index is 0.0315. The molecule has 0 amide bonds. The number of ether oxygens (including phenoxy) is 2. The van der Waals surface area contributed by atoms with Crippen LogP contribution in [-0.2, 0) is 19.1 Å². The minimum Gasteiger partial charge on any atom is -0.452 e. The Kier molecular flexibility index (Phi) is 4.87. The standard InChI is InChI=1S/C28H38O8/c1-13-14(2)23(31)35-21(13)22-15(3)26(32)10-8-17-16-11-20(30)27(33)9-6-7-19(29)24(27,4)18(16)12-28(34,36-22)25(17,26)5/h6-7,15-18,20-22,30,32-34H,8-12H2,1-5H3/t15-,16+,17+,18+,20-,21-,22+,24+,25+,26-,27+,28+/m1/s1. The van der Waals surface area contributed by atoms with Gasteiger partial charge in [0.25, 0.3) is 0 Å². The highest BCUT2D eigenvalue weighted by Crippen LogP contribution is 2.74. The summed E-state index contributed by atoms with van der Waals surface area (Å²) in [5, 5.41) is 47.6. The number of rotatable bonds is 1. The zero-order valence-corrected chi connectivity index (χ0v) is 21.7. The summed E-state index contributed by atoms with van der Waals surface area (Å²) >= 11 is 0. The lowest BCUT2D eigenvalue weighted by Crippen LogP contribution is -2.78. The van der Waals surface area contributed by atoms with Crippen LogP contribution in [-0.4, -0.2) is 67.5 Å². The van der Waals surface area contributed by atoms with Crippen LogP contribution in [0, 0.1) is 34.5 Å². The second-order valence-electron chi connectivity index (χ2n) is 12.9. The summed E-state index contributed by atoms with van der Waals surface area (Å²) in [5.41, 5.74) is -4.08. The molecule has 8 heteroatoms. The van der Waals surface area contributed by atoms with Gasteiger partial charge in [-0.25, -0.2) is 4.79 Å². The van der Waals surface area contributed by atoms with Crippen LogP contribution >= 0.6 is 0 Å². The van der Waals surface area contributed by atoms with E-state index in [2.05, 4.69) is 0 Å². The third kappa shape index (κ3) is 2.44. The van der Waals surface area contributed by atoms with Gasteiger partial charge in [-0.1, -0.05) is 19.9 Å². The first-order valence-corrected chi connectivity index (χ1v) is 13.3. The maximum absolute atomic E-state index is 13.4. The molecule has 8 nitrogen and oxygen atoms in total. The highest BCUT2D eigenvalue weighted by Gasteiger charge is 2.80. The van der Waals surface area contributed by atoms with Gasteiger partial charge in [0.1, 0.15) is 11.7 Å². The zero-order chi connectivity index (χ0) is 26.2. The van der Waals surface area contributed by atoms with Gasteiger partial charge >= 0.3 is 5.97 Å². The molecule has 2 heterocycles. The predicted molar refractivity (Wildman–Crippen MR) is 127 cm³/mol. The molecule has 198 valence electrons. The average Bonchev–Trinajstić information content (AvgIpc) is 3.25. The van der Waals surface area contributed by atoms with E-state index in [9.17, 15) is 30.0 Å². The average molecular weight is 503 g/mol. The first-order valence-electron chi connectivity index (χ1n) is 13.3. The maximum atomic E-state index is 13.4. The molecule has 6 aliphatic rings. The molecule has 6 rings (SSSR count). The quantitative estimate of drug-likeness (QED) is 0.399. The van der Waals surface area contributed by atoms with Gasteiger partial charge in [-0.05, 0) is 75.9 Å². The minimum atomic E-state index is -1.82. The number of allylic oxidation sites excluding steroid dienone is 1. The van der Waals surface area contributed by atoms with Crippen molar-refractivity contribution in [3.8, 4) is 0 Å². The lowest BCUT2D eigenvalue weighted by molar-refractivity contribution is -0.419. The Bertz CT molecular complexity index is 1110. The number of carbonyl (C=O) groups excluding carboxylic acids is 2. The molecule has 4 fully saturated rings. The van der Waals surface area contributed by atoms with Crippen molar-refractivity contribution in [3.05, 3.63) is 23.3 Å². The van der Waals surface area contributed by atoms with Crippen molar-refractivity contribution in [3.63, 3.8) is 0 Å². The molecule has 0 aromatic rings.